The van der Waals surface area contributed by atoms with Crippen molar-refractivity contribution in [2.75, 3.05) is 52.5 Å². The molecule has 2 atom stereocenters. The molecule has 3 saturated heterocycles. The molecule has 0 saturated carbocycles. The fraction of sp³-hybridized carbons (Fsp3) is 0.700. The number of nitrogens with one attached hydrogen (secondary N) is 1. The van der Waals surface area contributed by atoms with Crippen LogP contribution in [0, 0.1) is 0 Å². The van der Waals surface area contributed by atoms with Gasteiger partial charge in [0.25, 0.3) is 0 Å². The van der Waals surface area contributed by atoms with Gasteiger partial charge in [-0.3, -0.25) is 9.80 Å². The summed E-state index contributed by atoms with van der Waals surface area (Å²) in [4.78, 5) is 5.18. The number of piperazine rings is 1. The number of rotatable bonds is 6. The third-order valence-corrected chi connectivity index (χ3v) is 6.02. The molecule has 3 aliphatic heterocycles. The van der Waals surface area contributed by atoms with Gasteiger partial charge in [0.15, 0.2) is 0 Å². The summed E-state index contributed by atoms with van der Waals surface area (Å²) in [7, 11) is 0. The lowest BCUT2D eigenvalue weighted by molar-refractivity contribution is 0.0673. The van der Waals surface area contributed by atoms with Crippen LogP contribution in [-0.4, -0.2) is 74.4 Å². The Balaban J connectivity index is 0.00000210. The Morgan fingerprint density at radius 2 is 2.04 bits per heavy atom. The van der Waals surface area contributed by atoms with Crippen molar-refractivity contribution in [3.05, 3.63) is 28.8 Å². The minimum Gasteiger partial charge on any atom is -0.491 e. The highest BCUT2D eigenvalue weighted by atomic mass is 35.5. The second kappa shape index (κ2) is 10.3. The molecule has 0 amide bonds. The number of likely N-dealkylation sites (tertiary alicyclic amines) is 1. The standard InChI is InChI=1S/C20H30ClN3O2.ClH/c21-17-3-4-20(26-15-19-2-1-11-25-19)16(12-17)13-23-8-5-18(14-23)24-9-6-22-7-10-24;/h3-4,12,18-19,22H,1-2,5-11,13-15H2;1H. The van der Waals surface area contributed by atoms with Crippen molar-refractivity contribution in [1.29, 1.82) is 0 Å². The molecule has 3 fully saturated rings. The maximum Gasteiger partial charge on any atom is 0.124 e. The van der Waals surface area contributed by atoms with Crippen LogP contribution in [0.2, 0.25) is 5.02 Å². The fourth-order valence-corrected chi connectivity index (χ4v) is 4.51. The van der Waals surface area contributed by atoms with E-state index in [4.69, 9.17) is 21.1 Å². The number of hydrogen-bond donors (Lipinski definition) is 1. The van der Waals surface area contributed by atoms with Crippen molar-refractivity contribution >= 4 is 24.0 Å². The van der Waals surface area contributed by atoms with Gasteiger partial charge in [-0.2, -0.15) is 0 Å². The molecular weight excluding hydrogens is 385 g/mol. The summed E-state index contributed by atoms with van der Waals surface area (Å²) in [6, 6.07) is 6.68. The summed E-state index contributed by atoms with van der Waals surface area (Å²) in [5.74, 6) is 0.954. The molecule has 1 aromatic rings. The van der Waals surface area contributed by atoms with Crippen LogP contribution in [0.3, 0.4) is 0 Å². The van der Waals surface area contributed by atoms with Crippen LogP contribution in [0.5, 0.6) is 5.75 Å². The first-order valence-electron chi connectivity index (χ1n) is 9.98. The molecule has 0 bridgehead atoms. The molecule has 3 aliphatic rings. The minimum atomic E-state index is 0. The lowest BCUT2D eigenvalue weighted by Gasteiger charge is -2.32. The first kappa shape index (κ1) is 21.2. The summed E-state index contributed by atoms with van der Waals surface area (Å²) in [5, 5.41) is 4.22. The van der Waals surface area contributed by atoms with E-state index in [1.807, 2.05) is 12.1 Å². The first-order chi connectivity index (χ1) is 12.8. The van der Waals surface area contributed by atoms with Gasteiger partial charge in [-0.05, 0) is 37.5 Å². The number of ether oxygens (including phenoxy) is 2. The van der Waals surface area contributed by atoms with Crippen LogP contribution in [-0.2, 0) is 11.3 Å². The molecule has 0 aliphatic carbocycles. The Kier molecular flexibility index (Phi) is 8.06. The van der Waals surface area contributed by atoms with Crippen LogP contribution in [0.4, 0.5) is 0 Å². The van der Waals surface area contributed by atoms with Crippen molar-refractivity contribution < 1.29 is 9.47 Å². The smallest absolute Gasteiger partial charge is 0.124 e. The van der Waals surface area contributed by atoms with Crippen molar-refractivity contribution in [2.24, 2.45) is 0 Å². The number of hydrogen-bond acceptors (Lipinski definition) is 5. The molecule has 1 N–H and O–H groups in total. The van der Waals surface area contributed by atoms with Gasteiger partial charge in [0.1, 0.15) is 12.4 Å². The van der Waals surface area contributed by atoms with E-state index in [-0.39, 0.29) is 18.5 Å². The van der Waals surface area contributed by atoms with E-state index < -0.39 is 0 Å². The SMILES string of the molecule is Cl.Clc1ccc(OCC2CCCO2)c(CN2CCC(N3CCNCC3)C2)c1. The second-order valence-corrected chi connectivity index (χ2v) is 8.10. The van der Waals surface area contributed by atoms with E-state index in [9.17, 15) is 0 Å². The summed E-state index contributed by atoms with van der Waals surface area (Å²) in [6.45, 7) is 9.27. The second-order valence-electron chi connectivity index (χ2n) is 7.66. The van der Waals surface area contributed by atoms with Gasteiger partial charge in [-0.25, -0.2) is 0 Å². The monoisotopic (exact) mass is 415 g/mol. The number of nitrogens with zero attached hydrogens (tertiary/aromatic N) is 2. The van der Waals surface area contributed by atoms with Crippen LogP contribution in [0.15, 0.2) is 18.2 Å². The Hall–Kier alpha value is -0.560. The van der Waals surface area contributed by atoms with E-state index in [1.54, 1.807) is 0 Å². The van der Waals surface area contributed by atoms with Gasteiger partial charge in [0.2, 0.25) is 0 Å². The Morgan fingerprint density at radius 1 is 1.19 bits per heavy atom. The highest BCUT2D eigenvalue weighted by Gasteiger charge is 2.29. The van der Waals surface area contributed by atoms with Crippen molar-refractivity contribution in [1.82, 2.24) is 15.1 Å². The molecule has 5 nitrogen and oxygen atoms in total. The van der Waals surface area contributed by atoms with Crippen molar-refractivity contribution in [2.45, 2.75) is 38.0 Å². The van der Waals surface area contributed by atoms with Crippen molar-refractivity contribution in [3.63, 3.8) is 0 Å². The molecule has 0 radical (unpaired) electrons. The summed E-state index contributed by atoms with van der Waals surface area (Å²) in [6.07, 6.45) is 3.74. The Bertz CT molecular complexity index is 593. The van der Waals surface area contributed by atoms with E-state index in [2.05, 4.69) is 21.2 Å². The fourth-order valence-electron chi connectivity index (χ4n) is 4.31. The molecule has 2 unspecified atom stereocenters. The highest BCUT2D eigenvalue weighted by Crippen LogP contribution is 2.27. The third-order valence-electron chi connectivity index (χ3n) is 5.78. The molecule has 7 heteroatoms. The third kappa shape index (κ3) is 5.72. The molecule has 0 spiro atoms. The zero-order valence-electron chi connectivity index (χ0n) is 15.9. The van der Waals surface area contributed by atoms with Gasteiger partial charge in [-0.1, -0.05) is 11.6 Å². The molecule has 152 valence electrons. The zero-order chi connectivity index (χ0) is 17.8. The van der Waals surface area contributed by atoms with E-state index in [1.165, 1.54) is 25.1 Å². The van der Waals surface area contributed by atoms with E-state index >= 15 is 0 Å². The Morgan fingerprint density at radius 3 is 2.81 bits per heavy atom. The normalized spacial score (nSPS) is 26.9. The Labute approximate surface area is 173 Å². The van der Waals surface area contributed by atoms with Gasteiger partial charge < -0.3 is 14.8 Å². The average molecular weight is 416 g/mol. The van der Waals surface area contributed by atoms with Crippen LogP contribution in [0.1, 0.15) is 24.8 Å². The maximum atomic E-state index is 6.27. The molecular formula is C20H31Cl2N3O2. The van der Waals surface area contributed by atoms with Gasteiger partial charge in [-0.15, -0.1) is 12.4 Å². The lowest BCUT2D eigenvalue weighted by Crippen LogP contribution is -2.49. The molecule has 0 aromatic heterocycles. The maximum absolute atomic E-state index is 6.27. The molecule has 1 aromatic carbocycles. The van der Waals surface area contributed by atoms with Gasteiger partial charge in [0.05, 0.1) is 6.10 Å². The zero-order valence-corrected chi connectivity index (χ0v) is 17.4. The summed E-state index contributed by atoms with van der Waals surface area (Å²) >= 11 is 6.27. The first-order valence-corrected chi connectivity index (χ1v) is 10.4. The van der Waals surface area contributed by atoms with Crippen LogP contribution in [0.25, 0.3) is 0 Å². The number of halogens is 2. The topological polar surface area (TPSA) is 37.0 Å². The van der Waals surface area contributed by atoms with Crippen molar-refractivity contribution in [3.8, 4) is 5.75 Å². The predicted molar refractivity (Wildman–Crippen MR) is 111 cm³/mol. The minimum absolute atomic E-state index is 0. The quantitative estimate of drug-likeness (QED) is 0.772. The highest BCUT2D eigenvalue weighted by molar-refractivity contribution is 6.30. The molecule has 27 heavy (non-hydrogen) atoms. The average Bonchev–Trinajstić information content (AvgIpc) is 3.34. The van der Waals surface area contributed by atoms with Crippen LogP contribution >= 0.6 is 24.0 Å². The summed E-state index contributed by atoms with van der Waals surface area (Å²) in [5.41, 5.74) is 1.19. The van der Waals surface area contributed by atoms with Gasteiger partial charge in [0, 0.05) is 69.0 Å². The summed E-state index contributed by atoms with van der Waals surface area (Å²) < 4.78 is 11.8. The van der Waals surface area contributed by atoms with Crippen LogP contribution < -0.4 is 10.1 Å². The lowest BCUT2D eigenvalue weighted by atomic mass is 10.2. The number of benzene rings is 1. The molecule has 3 heterocycles. The molecule has 4 rings (SSSR count). The largest absolute Gasteiger partial charge is 0.491 e. The van der Waals surface area contributed by atoms with E-state index in [0.717, 1.165) is 62.9 Å². The predicted octanol–water partition coefficient (Wildman–Crippen LogP) is 2.80. The van der Waals surface area contributed by atoms with E-state index in [0.29, 0.717) is 12.6 Å². The van der Waals surface area contributed by atoms with Gasteiger partial charge >= 0.3 is 0 Å².